The van der Waals surface area contributed by atoms with Crippen LogP contribution in [-0.2, 0) is 15.4 Å². The molecule has 6 nitrogen and oxygen atoms in total. The van der Waals surface area contributed by atoms with E-state index in [1.165, 1.54) is 0 Å². The third-order valence-corrected chi connectivity index (χ3v) is 4.83. The Morgan fingerprint density at radius 2 is 1.96 bits per heavy atom. The summed E-state index contributed by atoms with van der Waals surface area (Å²) in [7, 11) is -3.77. The third-order valence-electron chi connectivity index (χ3n) is 3.42. The number of pyridine rings is 1. The van der Waals surface area contributed by atoms with Crippen molar-refractivity contribution in [2.24, 2.45) is 0 Å². The van der Waals surface area contributed by atoms with Crippen molar-refractivity contribution in [2.75, 3.05) is 4.72 Å². The molecule has 1 aromatic carbocycles. The molecule has 3 rings (SSSR count). The van der Waals surface area contributed by atoms with Crippen molar-refractivity contribution in [3.05, 3.63) is 48.5 Å². The molecule has 1 N–H and O–H groups in total. The zero-order valence-electron chi connectivity index (χ0n) is 13.1. The Bertz CT molecular complexity index is 951. The van der Waals surface area contributed by atoms with Gasteiger partial charge in [-0.2, -0.15) is 0 Å². The summed E-state index contributed by atoms with van der Waals surface area (Å²) in [4.78, 5) is 4.19. The van der Waals surface area contributed by atoms with Crippen LogP contribution in [-0.4, -0.2) is 18.6 Å². The van der Waals surface area contributed by atoms with Gasteiger partial charge in [-0.15, -0.1) is 0 Å². The molecular weight excluding hydrogens is 314 g/mol. The minimum absolute atomic E-state index is 0.168. The predicted octanol–water partition coefficient (Wildman–Crippen LogP) is 3.32. The molecule has 0 saturated carbocycles. The number of nitrogens with one attached hydrogen (secondary N) is 1. The van der Waals surface area contributed by atoms with Crippen molar-refractivity contribution < 1.29 is 12.9 Å². The third kappa shape index (κ3) is 3.05. The number of anilines is 1. The van der Waals surface area contributed by atoms with Gasteiger partial charge in [0.15, 0.2) is 5.82 Å². The molecule has 2 heterocycles. The lowest BCUT2D eigenvalue weighted by Crippen LogP contribution is -2.14. The summed E-state index contributed by atoms with van der Waals surface area (Å²) >= 11 is 0. The lowest BCUT2D eigenvalue weighted by Gasteiger charge is -2.12. The Hall–Kier alpha value is -2.41. The number of fused-ring (bicyclic) bond motifs is 1. The normalized spacial score (nSPS) is 12.5. The molecule has 3 aromatic rings. The van der Waals surface area contributed by atoms with Crippen molar-refractivity contribution in [3.63, 3.8) is 0 Å². The van der Waals surface area contributed by atoms with Gasteiger partial charge in [-0.1, -0.05) is 38.1 Å². The second kappa shape index (κ2) is 5.34. The molecule has 0 amide bonds. The van der Waals surface area contributed by atoms with E-state index in [1.807, 2.05) is 26.8 Å². The van der Waals surface area contributed by atoms with E-state index < -0.39 is 10.0 Å². The van der Waals surface area contributed by atoms with Gasteiger partial charge in [-0.25, -0.2) is 8.42 Å². The van der Waals surface area contributed by atoms with Gasteiger partial charge in [-0.05, 0) is 12.1 Å². The van der Waals surface area contributed by atoms with E-state index in [4.69, 9.17) is 4.52 Å². The molecule has 0 spiro atoms. The first-order valence-electron chi connectivity index (χ1n) is 7.10. The molecule has 0 radical (unpaired) electrons. The van der Waals surface area contributed by atoms with Crippen LogP contribution in [0.1, 0.15) is 26.5 Å². The zero-order chi connectivity index (χ0) is 16.7. The van der Waals surface area contributed by atoms with Crippen LogP contribution < -0.4 is 4.72 Å². The first-order valence-corrected chi connectivity index (χ1v) is 8.58. The van der Waals surface area contributed by atoms with E-state index in [-0.39, 0.29) is 16.1 Å². The molecular formula is C16H17N3O3S. The van der Waals surface area contributed by atoms with Gasteiger partial charge < -0.3 is 4.52 Å². The summed E-state index contributed by atoms with van der Waals surface area (Å²) in [6, 6.07) is 8.32. The quantitative estimate of drug-likeness (QED) is 0.796. The van der Waals surface area contributed by atoms with Gasteiger partial charge in [0, 0.05) is 34.6 Å². The second-order valence-corrected chi connectivity index (χ2v) is 7.94. The van der Waals surface area contributed by atoms with Crippen LogP contribution >= 0.6 is 0 Å². The van der Waals surface area contributed by atoms with Gasteiger partial charge in [-0.3, -0.25) is 9.71 Å². The SMILES string of the molecule is CC(C)(C)c1cc(NS(=O)(=O)c2cccc3cnccc23)no1. The molecule has 7 heteroatoms. The summed E-state index contributed by atoms with van der Waals surface area (Å²) in [6.07, 6.45) is 3.19. The Balaban J connectivity index is 2.00. The highest BCUT2D eigenvalue weighted by atomic mass is 32.2. The minimum Gasteiger partial charge on any atom is -0.359 e. The maximum absolute atomic E-state index is 12.7. The lowest BCUT2D eigenvalue weighted by atomic mass is 9.93. The van der Waals surface area contributed by atoms with Crippen molar-refractivity contribution in [2.45, 2.75) is 31.1 Å². The van der Waals surface area contributed by atoms with Crippen LogP contribution in [0.15, 0.2) is 52.1 Å². The summed E-state index contributed by atoms with van der Waals surface area (Å²) < 4.78 is 33.0. The topological polar surface area (TPSA) is 85.1 Å². The largest absolute Gasteiger partial charge is 0.359 e. The molecule has 120 valence electrons. The Kier molecular flexibility index (Phi) is 3.60. The standard InChI is InChI=1S/C16H17N3O3S/c1-16(2,3)14-9-15(18-22-14)19-23(20,21)13-6-4-5-11-10-17-8-7-12(11)13/h4-10H,1-3H3,(H,18,19). The van der Waals surface area contributed by atoms with Gasteiger partial charge in [0.25, 0.3) is 10.0 Å². The molecule has 2 aromatic heterocycles. The highest BCUT2D eigenvalue weighted by Crippen LogP contribution is 2.27. The van der Waals surface area contributed by atoms with Gasteiger partial charge in [0.2, 0.25) is 0 Å². The zero-order valence-corrected chi connectivity index (χ0v) is 13.9. The fourth-order valence-corrected chi connectivity index (χ4v) is 3.41. The Labute approximate surface area is 134 Å². The molecule has 0 aliphatic carbocycles. The second-order valence-electron chi connectivity index (χ2n) is 6.28. The van der Waals surface area contributed by atoms with Crippen LogP contribution in [0.5, 0.6) is 0 Å². The molecule has 0 bridgehead atoms. The first-order chi connectivity index (χ1) is 10.8. The van der Waals surface area contributed by atoms with Crippen LogP contribution in [0.3, 0.4) is 0 Å². The van der Waals surface area contributed by atoms with E-state index in [0.29, 0.717) is 11.1 Å². The van der Waals surface area contributed by atoms with Crippen molar-refractivity contribution in [1.82, 2.24) is 10.1 Å². The minimum atomic E-state index is -3.77. The number of rotatable bonds is 3. The van der Waals surface area contributed by atoms with Crippen LogP contribution in [0.25, 0.3) is 10.8 Å². The average Bonchev–Trinajstić information content (AvgIpc) is 2.94. The molecule has 0 atom stereocenters. The highest BCUT2D eigenvalue weighted by molar-refractivity contribution is 7.93. The summed E-state index contributed by atoms with van der Waals surface area (Å²) in [5, 5.41) is 5.16. The molecule has 0 aliphatic rings. The van der Waals surface area contributed by atoms with Gasteiger partial charge in [0.05, 0.1) is 4.90 Å². The first kappa shape index (κ1) is 15.5. The molecule has 0 saturated heterocycles. The maximum Gasteiger partial charge on any atom is 0.263 e. The number of sulfonamides is 1. The monoisotopic (exact) mass is 331 g/mol. The fourth-order valence-electron chi connectivity index (χ4n) is 2.20. The van der Waals surface area contributed by atoms with E-state index >= 15 is 0 Å². The molecule has 0 aliphatic heterocycles. The molecule has 0 fully saturated rings. The lowest BCUT2D eigenvalue weighted by molar-refractivity contribution is 0.331. The summed E-state index contributed by atoms with van der Waals surface area (Å²) in [5.74, 6) is 0.776. The van der Waals surface area contributed by atoms with E-state index in [0.717, 1.165) is 5.39 Å². The van der Waals surface area contributed by atoms with E-state index in [2.05, 4.69) is 14.9 Å². The van der Waals surface area contributed by atoms with Gasteiger partial charge >= 0.3 is 0 Å². The number of nitrogens with zero attached hydrogens (tertiary/aromatic N) is 2. The predicted molar refractivity (Wildman–Crippen MR) is 87.8 cm³/mol. The van der Waals surface area contributed by atoms with Crippen LogP contribution in [0.4, 0.5) is 5.82 Å². The van der Waals surface area contributed by atoms with E-state index in [1.54, 1.807) is 36.7 Å². The number of benzene rings is 1. The van der Waals surface area contributed by atoms with Crippen LogP contribution in [0, 0.1) is 0 Å². The Morgan fingerprint density at radius 1 is 1.17 bits per heavy atom. The maximum atomic E-state index is 12.7. The van der Waals surface area contributed by atoms with Crippen molar-refractivity contribution >= 4 is 26.6 Å². The van der Waals surface area contributed by atoms with Crippen LogP contribution in [0.2, 0.25) is 0 Å². The van der Waals surface area contributed by atoms with E-state index in [9.17, 15) is 8.42 Å². The average molecular weight is 331 g/mol. The smallest absolute Gasteiger partial charge is 0.263 e. The summed E-state index contributed by atoms with van der Waals surface area (Å²) in [5.41, 5.74) is -0.248. The number of hydrogen-bond donors (Lipinski definition) is 1. The van der Waals surface area contributed by atoms with Crippen molar-refractivity contribution in [3.8, 4) is 0 Å². The fraction of sp³-hybridized carbons (Fsp3) is 0.250. The number of aromatic nitrogens is 2. The van der Waals surface area contributed by atoms with Gasteiger partial charge in [0.1, 0.15) is 5.76 Å². The number of hydrogen-bond acceptors (Lipinski definition) is 5. The highest BCUT2D eigenvalue weighted by Gasteiger charge is 2.23. The van der Waals surface area contributed by atoms with Crippen molar-refractivity contribution in [1.29, 1.82) is 0 Å². The molecule has 23 heavy (non-hydrogen) atoms. The Morgan fingerprint density at radius 3 is 2.65 bits per heavy atom. The molecule has 0 unspecified atom stereocenters. The summed E-state index contributed by atoms with van der Waals surface area (Å²) in [6.45, 7) is 5.89.